The van der Waals surface area contributed by atoms with Crippen LogP contribution >= 0.6 is 0 Å². The summed E-state index contributed by atoms with van der Waals surface area (Å²) in [5.74, 6) is -0.529. The smallest absolute Gasteiger partial charge is 0.355 e. The van der Waals surface area contributed by atoms with Crippen LogP contribution in [-0.2, 0) is 6.54 Å². The van der Waals surface area contributed by atoms with Crippen molar-refractivity contribution in [3.63, 3.8) is 0 Å². The molecule has 0 aliphatic rings. The van der Waals surface area contributed by atoms with Gasteiger partial charge >= 0.3 is 5.97 Å². The van der Waals surface area contributed by atoms with Gasteiger partial charge in [-0.2, -0.15) is 0 Å². The zero-order valence-electron chi connectivity index (χ0n) is 10.4. The monoisotopic (exact) mass is 245 g/mol. The van der Waals surface area contributed by atoms with Crippen LogP contribution in [0.3, 0.4) is 0 Å². The Balaban J connectivity index is 2.18. The van der Waals surface area contributed by atoms with Gasteiger partial charge in [-0.25, -0.2) is 9.48 Å². The molecule has 0 saturated heterocycles. The zero-order valence-corrected chi connectivity index (χ0v) is 10.4. The molecular weight excluding hydrogens is 230 g/mol. The zero-order chi connectivity index (χ0) is 13.1. The number of benzene rings is 1. The van der Waals surface area contributed by atoms with Crippen LogP contribution in [-0.4, -0.2) is 26.1 Å². The van der Waals surface area contributed by atoms with Crippen molar-refractivity contribution in [2.24, 2.45) is 0 Å². The van der Waals surface area contributed by atoms with Crippen LogP contribution in [0.2, 0.25) is 0 Å². The topological polar surface area (TPSA) is 68.0 Å². The molecule has 18 heavy (non-hydrogen) atoms. The minimum Gasteiger partial charge on any atom is -0.476 e. The molecule has 2 rings (SSSR count). The Morgan fingerprint density at radius 1 is 1.33 bits per heavy atom. The van der Waals surface area contributed by atoms with Crippen LogP contribution in [0, 0.1) is 0 Å². The Morgan fingerprint density at radius 3 is 2.56 bits per heavy atom. The molecule has 0 fully saturated rings. The van der Waals surface area contributed by atoms with Gasteiger partial charge in [-0.1, -0.05) is 43.3 Å². The van der Waals surface area contributed by atoms with Crippen molar-refractivity contribution in [1.29, 1.82) is 0 Å². The van der Waals surface area contributed by atoms with Crippen LogP contribution in [0.15, 0.2) is 30.5 Å². The molecule has 0 atom stereocenters. The van der Waals surface area contributed by atoms with Crippen molar-refractivity contribution in [2.45, 2.75) is 26.3 Å². The number of nitrogens with zero attached hydrogens (tertiary/aromatic N) is 3. The summed E-state index contributed by atoms with van der Waals surface area (Å²) in [4.78, 5) is 10.9. The highest BCUT2D eigenvalue weighted by Crippen LogP contribution is 2.15. The maximum atomic E-state index is 10.9. The normalized spacial score (nSPS) is 10.8. The van der Waals surface area contributed by atoms with Crippen molar-refractivity contribution in [3.8, 4) is 0 Å². The fourth-order valence-corrected chi connectivity index (χ4v) is 1.72. The highest BCUT2D eigenvalue weighted by atomic mass is 16.4. The highest BCUT2D eigenvalue weighted by Gasteiger charge is 2.11. The minimum atomic E-state index is -1.01. The molecule has 0 spiro atoms. The fraction of sp³-hybridized carbons (Fsp3) is 0.308. The third-order valence-electron chi connectivity index (χ3n) is 2.82. The van der Waals surface area contributed by atoms with Crippen molar-refractivity contribution in [1.82, 2.24) is 15.0 Å². The van der Waals surface area contributed by atoms with E-state index in [1.165, 1.54) is 16.4 Å². The molecule has 0 amide bonds. The van der Waals surface area contributed by atoms with Crippen LogP contribution in [0.25, 0.3) is 0 Å². The number of hydrogen-bond acceptors (Lipinski definition) is 3. The number of carboxylic acids is 1. The van der Waals surface area contributed by atoms with Gasteiger partial charge in [0.25, 0.3) is 0 Å². The van der Waals surface area contributed by atoms with Gasteiger partial charge in [0, 0.05) is 0 Å². The molecule has 94 valence electrons. The Hall–Kier alpha value is -2.17. The van der Waals surface area contributed by atoms with Gasteiger partial charge in [-0.05, 0) is 17.0 Å². The highest BCUT2D eigenvalue weighted by molar-refractivity contribution is 5.85. The van der Waals surface area contributed by atoms with E-state index in [1.807, 2.05) is 12.1 Å². The van der Waals surface area contributed by atoms with Crippen LogP contribution in [0.4, 0.5) is 0 Å². The van der Waals surface area contributed by atoms with Gasteiger partial charge in [0.15, 0.2) is 5.69 Å². The Bertz CT molecular complexity index is 544. The lowest BCUT2D eigenvalue weighted by Crippen LogP contribution is -2.10. The van der Waals surface area contributed by atoms with E-state index in [-0.39, 0.29) is 5.69 Å². The predicted molar refractivity (Wildman–Crippen MR) is 66.6 cm³/mol. The summed E-state index contributed by atoms with van der Waals surface area (Å²) in [7, 11) is 0. The standard InChI is InChI=1S/C13H15N3O2/c1-9(2)11-5-3-10(4-6-11)8-16-12(13(17)18)7-14-15-16/h3-7,9H,8H2,1-2H3,(H,17,18). The van der Waals surface area contributed by atoms with Gasteiger partial charge < -0.3 is 5.11 Å². The van der Waals surface area contributed by atoms with E-state index in [4.69, 9.17) is 5.11 Å². The lowest BCUT2D eigenvalue weighted by molar-refractivity contribution is 0.0684. The quantitative estimate of drug-likeness (QED) is 0.896. The first kappa shape index (κ1) is 12.3. The van der Waals surface area contributed by atoms with E-state index >= 15 is 0 Å². The number of aromatic nitrogens is 3. The van der Waals surface area contributed by atoms with E-state index in [1.54, 1.807) is 0 Å². The van der Waals surface area contributed by atoms with Gasteiger partial charge in [0.2, 0.25) is 0 Å². The number of carbonyl (C=O) groups is 1. The first-order valence-electron chi connectivity index (χ1n) is 5.78. The van der Waals surface area contributed by atoms with Gasteiger partial charge in [0.05, 0.1) is 12.7 Å². The van der Waals surface area contributed by atoms with Crippen LogP contribution < -0.4 is 0 Å². The summed E-state index contributed by atoms with van der Waals surface area (Å²) >= 11 is 0. The minimum absolute atomic E-state index is 0.0999. The Morgan fingerprint density at radius 2 is 2.00 bits per heavy atom. The summed E-state index contributed by atoms with van der Waals surface area (Å²) in [5.41, 5.74) is 2.37. The third kappa shape index (κ3) is 2.56. The second kappa shape index (κ2) is 5.00. The van der Waals surface area contributed by atoms with E-state index in [9.17, 15) is 4.79 Å². The molecule has 1 aromatic carbocycles. The maximum absolute atomic E-state index is 10.9. The molecule has 2 aromatic rings. The van der Waals surface area contributed by atoms with Crippen LogP contribution in [0.5, 0.6) is 0 Å². The fourth-order valence-electron chi connectivity index (χ4n) is 1.72. The van der Waals surface area contributed by atoms with Gasteiger partial charge in [-0.3, -0.25) is 0 Å². The molecule has 5 nitrogen and oxygen atoms in total. The first-order valence-corrected chi connectivity index (χ1v) is 5.78. The second-order valence-electron chi connectivity index (χ2n) is 4.48. The van der Waals surface area contributed by atoms with Gasteiger partial charge in [-0.15, -0.1) is 5.10 Å². The first-order chi connectivity index (χ1) is 8.58. The van der Waals surface area contributed by atoms with E-state index in [0.717, 1.165) is 5.56 Å². The molecule has 0 saturated carbocycles. The SMILES string of the molecule is CC(C)c1ccc(Cn2nncc2C(=O)O)cc1. The number of rotatable bonds is 4. The molecule has 1 N–H and O–H groups in total. The summed E-state index contributed by atoms with van der Waals surface area (Å²) in [6, 6.07) is 8.08. The molecule has 1 aromatic heterocycles. The molecule has 0 aliphatic heterocycles. The number of carboxylic acid groups (broad SMARTS) is 1. The molecule has 0 aliphatic carbocycles. The molecule has 0 unspecified atom stereocenters. The van der Waals surface area contributed by atoms with Crippen molar-refractivity contribution < 1.29 is 9.90 Å². The lowest BCUT2D eigenvalue weighted by atomic mass is 10.0. The van der Waals surface area contributed by atoms with Gasteiger partial charge in [0.1, 0.15) is 0 Å². The van der Waals surface area contributed by atoms with Crippen molar-refractivity contribution >= 4 is 5.97 Å². The molecule has 1 heterocycles. The molecule has 0 bridgehead atoms. The molecule has 0 radical (unpaired) electrons. The molecular formula is C13H15N3O2. The van der Waals surface area contributed by atoms with E-state index in [2.05, 4.69) is 36.3 Å². The summed E-state index contributed by atoms with van der Waals surface area (Å²) in [5, 5.41) is 16.3. The largest absolute Gasteiger partial charge is 0.476 e. The van der Waals surface area contributed by atoms with Crippen molar-refractivity contribution in [2.75, 3.05) is 0 Å². The molecule has 5 heteroatoms. The second-order valence-corrected chi connectivity index (χ2v) is 4.48. The van der Waals surface area contributed by atoms with Crippen LogP contribution in [0.1, 0.15) is 41.4 Å². The third-order valence-corrected chi connectivity index (χ3v) is 2.82. The summed E-state index contributed by atoms with van der Waals surface area (Å²) in [6.07, 6.45) is 1.25. The summed E-state index contributed by atoms with van der Waals surface area (Å²) in [6.45, 7) is 4.68. The van der Waals surface area contributed by atoms with E-state index in [0.29, 0.717) is 12.5 Å². The van der Waals surface area contributed by atoms with Crippen molar-refractivity contribution in [3.05, 3.63) is 47.3 Å². The number of hydrogen-bond donors (Lipinski definition) is 1. The maximum Gasteiger partial charge on any atom is 0.355 e. The number of aromatic carboxylic acids is 1. The lowest BCUT2D eigenvalue weighted by Gasteiger charge is -2.07. The average Bonchev–Trinajstić information content (AvgIpc) is 2.78. The summed E-state index contributed by atoms with van der Waals surface area (Å²) < 4.78 is 1.38. The Kier molecular flexibility index (Phi) is 3.41. The average molecular weight is 245 g/mol. The van der Waals surface area contributed by atoms with E-state index < -0.39 is 5.97 Å². The Labute approximate surface area is 105 Å². The predicted octanol–water partition coefficient (Wildman–Crippen LogP) is 2.15.